The molecule has 0 aromatic heterocycles. The van der Waals surface area contributed by atoms with Crippen LogP contribution >= 0.6 is 28.3 Å². The lowest BCUT2D eigenvalue weighted by Crippen LogP contribution is -2.28. The Morgan fingerprint density at radius 2 is 2.14 bits per heavy atom. The van der Waals surface area contributed by atoms with Gasteiger partial charge in [-0.25, -0.2) is 0 Å². The van der Waals surface area contributed by atoms with Crippen molar-refractivity contribution in [3.05, 3.63) is 22.7 Å². The minimum atomic E-state index is 0. The van der Waals surface area contributed by atoms with Gasteiger partial charge in [0.05, 0.1) is 11.6 Å². The highest BCUT2D eigenvalue weighted by Crippen LogP contribution is 2.28. The van der Waals surface area contributed by atoms with Crippen molar-refractivity contribution in [1.82, 2.24) is 5.32 Å². The molecule has 2 rings (SSSR count). The summed E-state index contributed by atoms with van der Waals surface area (Å²) in [5.74, 6) is 1.48. The Balaban J connectivity index is 0.00000220. The van der Waals surface area contributed by atoms with Crippen molar-refractivity contribution >= 4 is 39.9 Å². The highest BCUT2D eigenvalue weighted by atomic mass is 79.9. The molecule has 1 heterocycles. The first-order valence-electron chi connectivity index (χ1n) is 7.03. The summed E-state index contributed by atoms with van der Waals surface area (Å²) in [4.78, 5) is 12.0. The molecular formula is C15H22BrClN2O2. The molecular weight excluding hydrogens is 356 g/mol. The van der Waals surface area contributed by atoms with E-state index in [1.165, 1.54) is 12.8 Å². The van der Waals surface area contributed by atoms with Crippen LogP contribution in [0, 0.1) is 5.92 Å². The first-order chi connectivity index (χ1) is 9.69. The maximum Gasteiger partial charge on any atom is 0.224 e. The van der Waals surface area contributed by atoms with Crippen LogP contribution in [0.2, 0.25) is 0 Å². The average Bonchev–Trinajstić information content (AvgIpc) is 2.48. The highest BCUT2D eigenvalue weighted by molar-refractivity contribution is 9.10. The fraction of sp³-hybridized carbons (Fsp3) is 0.533. The monoisotopic (exact) mass is 376 g/mol. The van der Waals surface area contributed by atoms with Gasteiger partial charge in [0.1, 0.15) is 5.75 Å². The normalized spacial score (nSPS) is 15.1. The first-order valence-corrected chi connectivity index (χ1v) is 7.82. The average molecular weight is 378 g/mol. The summed E-state index contributed by atoms with van der Waals surface area (Å²) in [5.41, 5.74) is 0.778. The SMILES string of the molecule is COc1cc(NC(=O)CCC2CCNCC2)ccc1Br.Cl. The number of nitrogens with one attached hydrogen (secondary N) is 2. The smallest absolute Gasteiger partial charge is 0.224 e. The molecule has 6 heteroatoms. The van der Waals surface area contributed by atoms with Crippen LogP contribution in [0.4, 0.5) is 5.69 Å². The Morgan fingerprint density at radius 1 is 1.43 bits per heavy atom. The maximum atomic E-state index is 12.0. The zero-order chi connectivity index (χ0) is 14.4. The number of hydrogen-bond donors (Lipinski definition) is 2. The van der Waals surface area contributed by atoms with Gasteiger partial charge in [-0.3, -0.25) is 4.79 Å². The molecule has 1 amide bonds. The van der Waals surface area contributed by atoms with Crippen molar-refractivity contribution in [2.75, 3.05) is 25.5 Å². The zero-order valence-corrected chi connectivity index (χ0v) is 14.6. The van der Waals surface area contributed by atoms with Crippen molar-refractivity contribution in [3.63, 3.8) is 0 Å². The molecule has 1 fully saturated rings. The maximum absolute atomic E-state index is 12.0. The first kappa shape index (κ1) is 18.3. The largest absolute Gasteiger partial charge is 0.495 e. The van der Waals surface area contributed by atoms with Gasteiger partial charge in [0.15, 0.2) is 0 Å². The van der Waals surface area contributed by atoms with E-state index in [0.29, 0.717) is 12.3 Å². The molecule has 118 valence electrons. The summed E-state index contributed by atoms with van der Waals surface area (Å²) in [5, 5.41) is 6.27. The zero-order valence-electron chi connectivity index (χ0n) is 12.2. The van der Waals surface area contributed by atoms with Gasteiger partial charge >= 0.3 is 0 Å². The topological polar surface area (TPSA) is 50.4 Å². The highest BCUT2D eigenvalue weighted by Gasteiger charge is 2.14. The summed E-state index contributed by atoms with van der Waals surface area (Å²) < 4.78 is 6.10. The van der Waals surface area contributed by atoms with Gasteiger partial charge in [0.25, 0.3) is 0 Å². The number of halogens is 2. The second-order valence-corrected chi connectivity index (χ2v) is 5.98. The number of carbonyl (C=O) groups is 1. The number of carbonyl (C=O) groups excluding carboxylic acids is 1. The third kappa shape index (κ3) is 5.85. The molecule has 2 N–H and O–H groups in total. The van der Waals surface area contributed by atoms with Gasteiger partial charge in [-0.1, -0.05) is 0 Å². The molecule has 21 heavy (non-hydrogen) atoms. The Bertz CT molecular complexity index is 465. The summed E-state index contributed by atoms with van der Waals surface area (Å²) in [6, 6.07) is 5.57. The van der Waals surface area contributed by atoms with E-state index in [-0.39, 0.29) is 18.3 Å². The predicted molar refractivity (Wildman–Crippen MR) is 91.4 cm³/mol. The van der Waals surface area contributed by atoms with Gasteiger partial charge in [0, 0.05) is 18.2 Å². The van der Waals surface area contributed by atoms with Crippen molar-refractivity contribution in [1.29, 1.82) is 0 Å². The van der Waals surface area contributed by atoms with Crippen molar-refractivity contribution in [2.45, 2.75) is 25.7 Å². The van der Waals surface area contributed by atoms with Gasteiger partial charge in [-0.05, 0) is 66.3 Å². The van der Waals surface area contributed by atoms with Gasteiger partial charge < -0.3 is 15.4 Å². The van der Waals surface area contributed by atoms with E-state index < -0.39 is 0 Å². The Labute approximate surface area is 140 Å². The van der Waals surface area contributed by atoms with Crippen molar-refractivity contribution in [3.8, 4) is 5.75 Å². The van der Waals surface area contributed by atoms with Crippen LogP contribution in [-0.4, -0.2) is 26.1 Å². The number of anilines is 1. The van der Waals surface area contributed by atoms with Crippen LogP contribution in [0.15, 0.2) is 22.7 Å². The van der Waals surface area contributed by atoms with Crippen LogP contribution in [0.25, 0.3) is 0 Å². The molecule has 0 aliphatic carbocycles. The Kier molecular flexibility index (Phi) is 8.07. The second kappa shape index (κ2) is 9.28. The third-order valence-corrected chi connectivity index (χ3v) is 4.33. The third-order valence-electron chi connectivity index (χ3n) is 3.67. The summed E-state index contributed by atoms with van der Waals surface area (Å²) in [7, 11) is 1.61. The number of ether oxygens (including phenoxy) is 1. The quantitative estimate of drug-likeness (QED) is 0.824. The molecule has 0 spiro atoms. The van der Waals surface area contributed by atoms with Crippen molar-refractivity contribution in [2.24, 2.45) is 5.92 Å². The Hall–Kier alpha value is -0.780. The molecule has 0 bridgehead atoms. The number of benzene rings is 1. The molecule has 1 aliphatic heterocycles. The molecule has 1 aromatic carbocycles. The molecule has 0 radical (unpaired) electrons. The lowest BCUT2D eigenvalue weighted by molar-refractivity contribution is -0.116. The number of amides is 1. The Morgan fingerprint density at radius 3 is 2.81 bits per heavy atom. The summed E-state index contributed by atoms with van der Waals surface area (Å²) >= 11 is 3.40. The number of piperidine rings is 1. The van der Waals surface area contributed by atoms with Crippen LogP contribution in [0.5, 0.6) is 5.75 Å². The number of methoxy groups -OCH3 is 1. The predicted octanol–water partition coefficient (Wildman–Crippen LogP) is 3.60. The van der Waals surface area contributed by atoms with Gasteiger partial charge in [-0.15, -0.1) is 12.4 Å². The molecule has 0 atom stereocenters. The van der Waals surface area contributed by atoms with E-state index in [2.05, 4.69) is 26.6 Å². The van der Waals surface area contributed by atoms with Crippen LogP contribution in [0.3, 0.4) is 0 Å². The number of rotatable bonds is 5. The molecule has 1 aromatic rings. The van der Waals surface area contributed by atoms with E-state index >= 15 is 0 Å². The fourth-order valence-corrected chi connectivity index (χ4v) is 2.88. The fourth-order valence-electron chi connectivity index (χ4n) is 2.47. The lowest BCUT2D eigenvalue weighted by atomic mass is 9.93. The molecule has 0 saturated carbocycles. The molecule has 4 nitrogen and oxygen atoms in total. The molecule has 0 unspecified atom stereocenters. The van der Waals surface area contributed by atoms with Gasteiger partial charge in [0.2, 0.25) is 5.91 Å². The summed E-state index contributed by atoms with van der Waals surface area (Å²) in [6.07, 6.45) is 3.92. The van der Waals surface area contributed by atoms with Gasteiger partial charge in [-0.2, -0.15) is 0 Å². The van der Waals surface area contributed by atoms with E-state index in [0.717, 1.165) is 35.4 Å². The van der Waals surface area contributed by atoms with Crippen LogP contribution < -0.4 is 15.4 Å². The minimum Gasteiger partial charge on any atom is -0.495 e. The van der Waals surface area contributed by atoms with E-state index in [9.17, 15) is 4.79 Å². The molecule has 1 saturated heterocycles. The molecule has 1 aliphatic rings. The van der Waals surface area contributed by atoms with E-state index in [4.69, 9.17) is 4.74 Å². The lowest BCUT2D eigenvalue weighted by Gasteiger charge is -2.22. The number of hydrogen-bond acceptors (Lipinski definition) is 3. The minimum absolute atomic E-state index is 0. The standard InChI is InChI=1S/C15H21BrN2O2.ClH/c1-20-14-10-12(3-4-13(14)16)18-15(19)5-2-11-6-8-17-9-7-11;/h3-4,10-11,17H,2,5-9H2,1H3,(H,18,19);1H. The van der Waals surface area contributed by atoms with Crippen LogP contribution in [0.1, 0.15) is 25.7 Å². The summed E-state index contributed by atoms with van der Waals surface area (Å²) in [6.45, 7) is 2.16. The van der Waals surface area contributed by atoms with E-state index in [1.807, 2.05) is 18.2 Å². The van der Waals surface area contributed by atoms with E-state index in [1.54, 1.807) is 7.11 Å². The van der Waals surface area contributed by atoms with Crippen LogP contribution in [-0.2, 0) is 4.79 Å². The van der Waals surface area contributed by atoms with Crippen molar-refractivity contribution < 1.29 is 9.53 Å². The second-order valence-electron chi connectivity index (χ2n) is 5.13.